The minimum atomic E-state index is -0.329. The highest BCUT2D eigenvalue weighted by atomic mass is 35.5. The second-order valence-electron chi connectivity index (χ2n) is 6.24. The Balaban J connectivity index is 1.86. The highest BCUT2D eigenvalue weighted by Crippen LogP contribution is 2.30. The van der Waals surface area contributed by atoms with Crippen LogP contribution in [0.5, 0.6) is 11.5 Å². The monoisotopic (exact) mass is 412 g/mol. The fraction of sp³-hybridized carbons (Fsp3) is 0.400. The van der Waals surface area contributed by atoms with Gasteiger partial charge >= 0.3 is 0 Å². The molecule has 0 saturated carbocycles. The van der Waals surface area contributed by atoms with E-state index in [-0.39, 0.29) is 6.10 Å². The molecule has 0 aliphatic carbocycles. The number of aliphatic hydroxyl groups is 1. The summed E-state index contributed by atoms with van der Waals surface area (Å²) in [4.78, 5) is 0. The number of hydrogen-bond donors (Lipinski definition) is 3. The van der Waals surface area contributed by atoms with Gasteiger partial charge in [0.15, 0.2) is 11.5 Å². The molecule has 0 bridgehead atoms. The van der Waals surface area contributed by atoms with Gasteiger partial charge in [-0.15, -0.1) is 0 Å². The molecule has 0 saturated heterocycles. The van der Waals surface area contributed by atoms with Crippen molar-refractivity contribution < 1.29 is 14.6 Å². The second kappa shape index (κ2) is 11.4. The summed E-state index contributed by atoms with van der Waals surface area (Å²) < 4.78 is 11.3. The maximum Gasteiger partial charge on any atom is 0.161 e. The first-order chi connectivity index (χ1) is 13.0. The number of benzene rings is 2. The van der Waals surface area contributed by atoms with Gasteiger partial charge in [0.2, 0.25) is 0 Å². The molecular formula is C20H26Cl2N2O3. The van der Waals surface area contributed by atoms with Gasteiger partial charge in [-0.2, -0.15) is 0 Å². The molecule has 1 atom stereocenters. The summed E-state index contributed by atoms with van der Waals surface area (Å²) in [5.41, 5.74) is 1.96. The number of aliphatic hydroxyl groups excluding tert-OH is 1. The molecule has 148 valence electrons. The van der Waals surface area contributed by atoms with E-state index in [4.69, 9.17) is 32.7 Å². The van der Waals surface area contributed by atoms with Crippen LogP contribution in [0.2, 0.25) is 10.0 Å². The van der Waals surface area contributed by atoms with Crippen LogP contribution in [0.4, 0.5) is 0 Å². The SMILES string of the molecule is COc1cc(CNCCNC[C@H](C)O)ccc1OCc1ccc(Cl)cc1Cl. The van der Waals surface area contributed by atoms with Crippen LogP contribution in [0.15, 0.2) is 36.4 Å². The molecule has 0 aliphatic rings. The zero-order valence-corrected chi connectivity index (χ0v) is 17.1. The van der Waals surface area contributed by atoms with E-state index in [2.05, 4.69) is 10.6 Å². The van der Waals surface area contributed by atoms with Gasteiger partial charge in [-0.3, -0.25) is 0 Å². The van der Waals surface area contributed by atoms with Crippen LogP contribution in [0.25, 0.3) is 0 Å². The second-order valence-corrected chi connectivity index (χ2v) is 7.08. The average Bonchev–Trinajstić information content (AvgIpc) is 2.64. The number of hydrogen-bond acceptors (Lipinski definition) is 5. The van der Waals surface area contributed by atoms with Crippen molar-refractivity contribution in [1.82, 2.24) is 10.6 Å². The molecule has 3 N–H and O–H groups in total. The first-order valence-corrected chi connectivity index (χ1v) is 9.58. The third kappa shape index (κ3) is 7.56. The Morgan fingerprint density at radius 3 is 2.52 bits per heavy atom. The summed E-state index contributed by atoms with van der Waals surface area (Å²) in [6.45, 7) is 5.01. The summed E-state index contributed by atoms with van der Waals surface area (Å²) in [5, 5.41) is 16.9. The van der Waals surface area contributed by atoms with Gasteiger partial charge in [0.25, 0.3) is 0 Å². The third-order valence-electron chi connectivity index (χ3n) is 3.87. The number of halogens is 2. The minimum absolute atomic E-state index is 0.329. The molecule has 27 heavy (non-hydrogen) atoms. The van der Waals surface area contributed by atoms with Crippen molar-refractivity contribution in [2.24, 2.45) is 0 Å². The van der Waals surface area contributed by atoms with Crippen LogP contribution in [-0.4, -0.2) is 38.0 Å². The van der Waals surface area contributed by atoms with Gasteiger partial charge in [-0.05, 0) is 36.8 Å². The van der Waals surface area contributed by atoms with E-state index in [0.29, 0.717) is 34.7 Å². The van der Waals surface area contributed by atoms with Crippen molar-refractivity contribution in [2.75, 3.05) is 26.7 Å². The van der Waals surface area contributed by atoms with Crippen molar-refractivity contribution in [1.29, 1.82) is 0 Å². The Morgan fingerprint density at radius 2 is 1.81 bits per heavy atom. The van der Waals surface area contributed by atoms with Gasteiger partial charge in [-0.1, -0.05) is 35.3 Å². The average molecular weight is 413 g/mol. The number of methoxy groups -OCH3 is 1. The Hall–Kier alpha value is -1.50. The topological polar surface area (TPSA) is 62.8 Å². The molecule has 0 fully saturated rings. The Kier molecular flexibility index (Phi) is 9.18. The molecule has 5 nitrogen and oxygen atoms in total. The van der Waals surface area contributed by atoms with Crippen LogP contribution < -0.4 is 20.1 Å². The first-order valence-electron chi connectivity index (χ1n) is 8.82. The van der Waals surface area contributed by atoms with Crippen LogP contribution in [0.1, 0.15) is 18.1 Å². The molecule has 0 unspecified atom stereocenters. The van der Waals surface area contributed by atoms with E-state index in [1.807, 2.05) is 24.3 Å². The van der Waals surface area contributed by atoms with Crippen molar-refractivity contribution in [2.45, 2.75) is 26.2 Å². The van der Waals surface area contributed by atoms with Gasteiger partial charge in [0, 0.05) is 41.8 Å². The van der Waals surface area contributed by atoms with E-state index in [9.17, 15) is 5.11 Å². The van der Waals surface area contributed by atoms with Crippen LogP contribution in [0.3, 0.4) is 0 Å². The first kappa shape index (κ1) is 21.8. The zero-order valence-electron chi connectivity index (χ0n) is 15.6. The van der Waals surface area contributed by atoms with Gasteiger partial charge in [0.05, 0.1) is 13.2 Å². The fourth-order valence-electron chi connectivity index (χ4n) is 2.46. The standard InChI is InChI=1S/C20H26Cl2N2O3/c1-14(25)11-23-7-8-24-12-15-3-6-19(20(9-15)26-2)27-13-16-4-5-17(21)10-18(16)22/h3-6,9-10,14,23-25H,7-8,11-13H2,1-2H3/t14-/m0/s1. The lowest BCUT2D eigenvalue weighted by molar-refractivity contribution is 0.191. The predicted molar refractivity (Wildman–Crippen MR) is 110 cm³/mol. The van der Waals surface area contributed by atoms with E-state index in [0.717, 1.165) is 30.8 Å². The van der Waals surface area contributed by atoms with E-state index >= 15 is 0 Å². The Bertz CT molecular complexity index is 726. The van der Waals surface area contributed by atoms with E-state index in [1.54, 1.807) is 26.2 Å². The lowest BCUT2D eigenvalue weighted by Gasteiger charge is -2.13. The quantitative estimate of drug-likeness (QED) is 0.491. The Labute approximate surface area is 170 Å². The largest absolute Gasteiger partial charge is 0.493 e. The fourth-order valence-corrected chi connectivity index (χ4v) is 2.92. The van der Waals surface area contributed by atoms with Gasteiger partial charge < -0.3 is 25.2 Å². The summed E-state index contributed by atoms with van der Waals surface area (Å²) in [6, 6.07) is 11.2. The molecule has 2 rings (SSSR count). The highest BCUT2D eigenvalue weighted by Gasteiger charge is 2.08. The van der Waals surface area contributed by atoms with E-state index < -0.39 is 0 Å². The van der Waals surface area contributed by atoms with Crippen LogP contribution in [0, 0.1) is 0 Å². The lowest BCUT2D eigenvalue weighted by Crippen LogP contribution is -2.31. The minimum Gasteiger partial charge on any atom is -0.493 e. The van der Waals surface area contributed by atoms with Crippen molar-refractivity contribution in [3.05, 3.63) is 57.6 Å². The summed E-state index contributed by atoms with van der Waals surface area (Å²) in [5.74, 6) is 1.33. The zero-order chi connectivity index (χ0) is 19.6. The smallest absolute Gasteiger partial charge is 0.161 e. The molecule has 0 heterocycles. The molecular weight excluding hydrogens is 387 g/mol. The summed E-state index contributed by atoms with van der Waals surface area (Å²) in [6.07, 6.45) is -0.329. The molecule has 0 aliphatic heterocycles. The van der Waals surface area contributed by atoms with E-state index in [1.165, 1.54) is 0 Å². The van der Waals surface area contributed by atoms with Gasteiger partial charge in [0.1, 0.15) is 6.61 Å². The maximum absolute atomic E-state index is 9.19. The number of nitrogens with one attached hydrogen (secondary N) is 2. The molecule has 0 amide bonds. The van der Waals surface area contributed by atoms with Crippen LogP contribution >= 0.6 is 23.2 Å². The van der Waals surface area contributed by atoms with Crippen molar-refractivity contribution in [3.63, 3.8) is 0 Å². The molecule has 2 aromatic rings. The molecule has 7 heteroatoms. The highest BCUT2D eigenvalue weighted by molar-refractivity contribution is 6.35. The third-order valence-corrected chi connectivity index (χ3v) is 4.46. The number of ether oxygens (including phenoxy) is 2. The molecule has 0 spiro atoms. The maximum atomic E-state index is 9.19. The molecule has 2 aromatic carbocycles. The summed E-state index contributed by atoms with van der Waals surface area (Å²) >= 11 is 12.1. The summed E-state index contributed by atoms with van der Waals surface area (Å²) in [7, 11) is 1.62. The van der Waals surface area contributed by atoms with Gasteiger partial charge in [-0.25, -0.2) is 0 Å². The molecule has 0 radical (unpaired) electrons. The van der Waals surface area contributed by atoms with Crippen molar-refractivity contribution >= 4 is 23.2 Å². The number of rotatable bonds is 11. The molecule has 0 aromatic heterocycles. The predicted octanol–water partition coefficient (Wildman–Crippen LogP) is 3.64. The van der Waals surface area contributed by atoms with Crippen LogP contribution in [-0.2, 0) is 13.2 Å². The lowest BCUT2D eigenvalue weighted by atomic mass is 10.2. The van der Waals surface area contributed by atoms with Crippen molar-refractivity contribution in [3.8, 4) is 11.5 Å². The Morgan fingerprint density at radius 1 is 1.04 bits per heavy atom. The normalized spacial score (nSPS) is 12.0.